The quantitative estimate of drug-likeness (QED) is 0.664. The molecule has 3 amide bonds. The third-order valence-electron chi connectivity index (χ3n) is 3.80. The highest BCUT2D eigenvalue weighted by Crippen LogP contribution is 2.30. The third-order valence-corrected chi connectivity index (χ3v) is 4.67. The average Bonchev–Trinajstić information content (AvgIpc) is 3.33. The van der Waals surface area contributed by atoms with Crippen LogP contribution in [0, 0.1) is 5.92 Å². The van der Waals surface area contributed by atoms with Gasteiger partial charge < -0.3 is 16.0 Å². The van der Waals surface area contributed by atoms with E-state index in [1.165, 1.54) is 11.3 Å². The van der Waals surface area contributed by atoms with E-state index in [0.29, 0.717) is 29.2 Å². The number of carbonyl (C=O) groups excluding carboxylic acids is 3. The van der Waals surface area contributed by atoms with Gasteiger partial charge in [0.15, 0.2) is 0 Å². The van der Waals surface area contributed by atoms with Gasteiger partial charge in [-0.2, -0.15) is 0 Å². The molecule has 1 aromatic heterocycles. The summed E-state index contributed by atoms with van der Waals surface area (Å²) in [5, 5.41) is 10.2. The first-order chi connectivity index (χ1) is 12.1. The van der Waals surface area contributed by atoms with E-state index >= 15 is 0 Å². The van der Waals surface area contributed by atoms with Gasteiger partial charge in [-0.1, -0.05) is 6.07 Å². The molecule has 130 valence electrons. The van der Waals surface area contributed by atoms with Crippen LogP contribution in [-0.4, -0.2) is 30.8 Å². The maximum Gasteiger partial charge on any atom is 0.261 e. The molecule has 1 aliphatic rings. The summed E-state index contributed by atoms with van der Waals surface area (Å²) in [6, 6.07) is 10.3. The molecule has 1 heterocycles. The molecule has 0 spiro atoms. The first-order valence-corrected chi connectivity index (χ1v) is 9.02. The Labute approximate surface area is 149 Å². The third kappa shape index (κ3) is 4.90. The van der Waals surface area contributed by atoms with Crippen molar-refractivity contribution in [3.8, 4) is 0 Å². The van der Waals surface area contributed by atoms with E-state index in [0.717, 1.165) is 12.8 Å². The van der Waals surface area contributed by atoms with Gasteiger partial charge in [-0.05, 0) is 48.6 Å². The van der Waals surface area contributed by atoms with Gasteiger partial charge in [-0.3, -0.25) is 14.4 Å². The van der Waals surface area contributed by atoms with E-state index in [1.54, 1.807) is 30.3 Å². The predicted molar refractivity (Wildman–Crippen MR) is 96.8 cm³/mol. The minimum atomic E-state index is -0.217. The first kappa shape index (κ1) is 17.2. The molecular formula is C18H19N3O3S. The van der Waals surface area contributed by atoms with Crippen LogP contribution in [-0.2, 0) is 4.79 Å². The van der Waals surface area contributed by atoms with Crippen LogP contribution in [0.15, 0.2) is 41.8 Å². The smallest absolute Gasteiger partial charge is 0.261 e. The van der Waals surface area contributed by atoms with Crippen LogP contribution in [0.2, 0.25) is 0 Å². The summed E-state index contributed by atoms with van der Waals surface area (Å²) in [5.74, 6) is -0.170. The molecule has 0 bridgehead atoms. The molecule has 25 heavy (non-hydrogen) atoms. The molecule has 1 aliphatic carbocycles. The van der Waals surface area contributed by atoms with Gasteiger partial charge >= 0.3 is 0 Å². The summed E-state index contributed by atoms with van der Waals surface area (Å²) >= 11 is 1.37. The molecule has 6 nitrogen and oxygen atoms in total. The Balaban J connectivity index is 1.40. The Morgan fingerprint density at radius 1 is 0.960 bits per heavy atom. The lowest BCUT2D eigenvalue weighted by molar-refractivity contribution is -0.117. The molecule has 0 radical (unpaired) electrons. The van der Waals surface area contributed by atoms with Crippen LogP contribution < -0.4 is 16.0 Å². The molecule has 1 saturated carbocycles. The molecule has 3 rings (SSSR count). The summed E-state index contributed by atoms with van der Waals surface area (Å²) < 4.78 is 0. The van der Waals surface area contributed by atoms with Gasteiger partial charge in [0.1, 0.15) is 0 Å². The zero-order chi connectivity index (χ0) is 17.6. The highest BCUT2D eigenvalue weighted by molar-refractivity contribution is 7.12. The number of hydrogen-bond acceptors (Lipinski definition) is 4. The lowest BCUT2D eigenvalue weighted by atomic mass is 10.2. The molecule has 1 fully saturated rings. The number of rotatable bonds is 7. The molecule has 1 aromatic carbocycles. The minimum Gasteiger partial charge on any atom is -0.350 e. The fraction of sp³-hybridized carbons (Fsp3) is 0.278. The summed E-state index contributed by atoms with van der Waals surface area (Å²) in [7, 11) is 0. The van der Waals surface area contributed by atoms with Gasteiger partial charge in [0.05, 0.1) is 4.88 Å². The standard InChI is InChI=1S/C18H19N3O3S/c22-16(19-9-10-20-18(24)15-2-1-11-25-15)12-5-7-14(8-6-12)21-17(23)13-3-4-13/h1-2,5-8,11,13H,3-4,9-10H2,(H,19,22)(H,20,24)(H,21,23). The predicted octanol–water partition coefficient (Wildman–Crippen LogP) is 2.26. The number of benzene rings is 1. The molecule has 0 saturated heterocycles. The van der Waals surface area contributed by atoms with E-state index in [9.17, 15) is 14.4 Å². The van der Waals surface area contributed by atoms with Crippen LogP contribution in [0.1, 0.15) is 32.9 Å². The van der Waals surface area contributed by atoms with Gasteiger partial charge in [0.2, 0.25) is 5.91 Å². The number of anilines is 1. The van der Waals surface area contributed by atoms with Crippen LogP contribution in [0.5, 0.6) is 0 Å². The van der Waals surface area contributed by atoms with E-state index in [4.69, 9.17) is 0 Å². The number of hydrogen-bond donors (Lipinski definition) is 3. The zero-order valence-corrected chi connectivity index (χ0v) is 14.4. The Kier molecular flexibility index (Phi) is 5.45. The summed E-state index contributed by atoms with van der Waals surface area (Å²) in [6.45, 7) is 0.702. The highest BCUT2D eigenvalue weighted by Gasteiger charge is 2.29. The monoisotopic (exact) mass is 357 g/mol. The molecular weight excluding hydrogens is 338 g/mol. The summed E-state index contributed by atoms with van der Waals surface area (Å²) in [6.07, 6.45) is 1.91. The zero-order valence-electron chi connectivity index (χ0n) is 13.6. The second-order valence-electron chi connectivity index (χ2n) is 5.83. The second-order valence-corrected chi connectivity index (χ2v) is 6.78. The van der Waals surface area contributed by atoms with Crippen molar-refractivity contribution in [2.45, 2.75) is 12.8 Å². The Morgan fingerprint density at radius 2 is 1.64 bits per heavy atom. The van der Waals surface area contributed by atoms with Gasteiger partial charge in [0, 0.05) is 30.3 Å². The molecule has 0 unspecified atom stereocenters. The second kappa shape index (κ2) is 7.94. The van der Waals surface area contributed by atoms with Crippen LogP contribution in [0.25, 0.3) is 0 Å². The van der Waals surface area contributed by atoms with Gasteiger partial charge in [-0.25, -0.2) is 0 Å². The molecule has 0 aliphatic heterocycles. The minimum absolute atomic E-state index is 0.0404. The van der Waals surface area contributed by atoms with Crippen molar-refractivity contribution in [3.05, 3.63) is 52.2 Å². The highest BCUT2D eigenvalue weighted by atomic mass is 32.1. The Bertz CT molecular complexity index is 752. The van der Waals surface area contributed by atoms with Crippen molar-refractivity contribution in [1.82, 2.24) is 10.6 Å². The number of carbonyl (C=O) groups is 3. The van der Waals surface area contributed by atoms with Crippen LogP contribution in [0.3, 0.4) is 0 Å². The normalized spacial score (nSPS) is 13.1. The van der Waals surface area contributed by atoms with E-state index < -0.39 is 0 Å². The van der Waals surface area contributed by atoms with E-state index in [-0.39, 0.29) is 23.6 Å². The fourth-order valence-electron chi connectivity index (χ4n) is 2.24. The lowest BCUT2D eigenvalue weighted by Crippen LogP contribution is -2.34. The molecule has 3 N–H and O–H groups in total. The Morgan fingerprint density at radius 3 is 2.24 bits per heavy atom. The first-order valence-electron chi connectivity index (χ1n) is 8.14. The number of amides is 3. The van der Waals surface area contributed by atoms with Crippen LogP contribution >= 0.6 is 11.3 Å². The van der Waals surface area contributed by atoms with Crippen molar-refractivity contribution in [2.75, 3.05) is 18.4 Å². The largest absolute Gasteiger partial charge is 0.350 e. The van der Waals surface area contributed by atoms with Crippen molar-refractivity contribution >= 4 is 34.7 Å². The van der Waals surface area contributed by atoms with E-state index in [2.05, 4.69) is 16.0 Å². The Hall–Kier alpha value is -2.67. The maximum atomic E-state index is 12.1. The van der Waals surface area contributed by atoms with E-state index in [1.807, 2.05) is 11.4 Å². The molecule has 0 atom stereocenters. The lowest BCUT2D eigenvalue weighted by Gasteiger charge is -2.08. The maximum absolute atomic E-state index is 12.1. The number of nitrogens with one attached hydrogen (secondary N) is 3. The topological polar surface area (TPSA) is 87.3 Å². The van der Waals surface area contributed by atoms with Crippen molar-refractivity contribution in [2.24, 2.45) is 5.92 Å². The number of thiophene rings is 1. The summed E-state index contributed by atoms with van der Waals surface area (Å²) in [5.41, 5.74) is 1.20. The molecule has 2 aromatic rings. The van der Waals surface area contributed by atoms with Gasteiger partial charge in [-0.15, -0.1) is 11.3 Å². The van der Waals surface area contributed by atoms with Crippen molar-refractivity contribution < 1.29 is 14.4 Å². The SMILES string of the molecule is O=C(NCCNC(=O)c1cccs1)c1ccc(NC(=O)C2CC2)cc1. The van der Waals surface area contributed by atoms with Gasteiger partial charge in [0.25, 0.3) is 11.8 Å². The molecule has 7 heteroatoms. The fourth-order valence-corrected chi connectivity index (χ4v) is 2.88. The summed E-state index contributed by atoms with van der Waals surface area (Å²) in [4.78, 5) is 36.1. The van der Waals surface area contributed by atoms with Crippen LogP contribution in [0.4, 0.5) is 5.69 Å². The average molecular weight is 357 g/mol. The van der Waals surface area contributed by atoms with Crippen molar-refractivity contribution in [1.29, 1.82) is 0 Å². The van der Waals surface area contributed by atoms with Crippen molar-refractivity contribution in [3.63, 3.8) is 0 Å².